The van der Waals surface area contributed by atoms with Gasteiger partial charge in [-0.2, -0.15) is 0 Å². The molecule has 7 heteroatoms. The molecule has 0 bridgehead atoms. The standard InChI is InChI=1S/C12H22N6O/c1-10(2)16-3-5-17(6-4-16)12(19)9-18-8-11(7-13)14-15-18/h8,10H,3-7,9,13H2,1-2H3. The summed E-state index contributed by atoms with van der Waals surface area (Å²) >= 11 is 0. The lowest BCUT2D eigenvalue weighted by molar-refractivity contribution is -0.134. The molecule has 1 saturated heterocycles. The largest absolute Gasteiger partial charge is 0.339 e. The van der Waals surface area contributed by atoms with Crippen LogP contribution in [0.15, 0.2) is 6.20 Å². The molecule has 1 aliphatic heterocycles. The third kappa shape index (κ3) is 3.51. The third-order valence-corrected chi connectivity index (χ3v) is 3.49. The van der Waals surface area contributed by atoms with Gasteiger partial charge in [-0.15, -0.1) is 5.10 Å². The second kappa shape index (κ2) is 6.12. The second-order valence-electron chi connectivity index (χ2n) is 5.12. The van der Waals surface area contributed by atoms with Gasteiger partial charge in [0.05, 0.1) is 11.9 Å². The first-order valence-electron chi connectivity index (χ1n) is 6.71. The molecule has 7 nitrogen and oxygen atoms in total. The number of rotatable bonds is 4. The number of nitrogens with zero attached hydrogens (tertiary/aromatic N) is 5. The normalized spacial score (nSPS) is 17.2. The zero-order chi connectivity index (χ0) is 13.8. The van der Waals surface area contributed by atoms with Gasteiger partial charge in [-0.05, 0) is 13.8 Å². The van der Waals surface area contributed by atoms with Gasteiger partial charge >= 0.3 is 0 Å². The van der Waals surface area contributed by atoms with E-state index in [1.54, 1.807) is 10.9 Å². The van der Waals surface area contributed by atoms with Crippen LogP contribution < -0.4 is 5.73 Å². The van der Waals surface area contributed by atoms with E-state index in [4.69, 9.17) is 5.73 Å². The van der Waals surface area contributed by atoms with E-state index in [0.29, 0.717) is 18.3 Å². The summed E-state index contributed by atoms with van der Waals surface area (Å²) in [5.74, 6) is 0.0943. The van der Waals surface area contributed by atoms with Gasteiger partial charge in [-0.25, -0.2) is 4.68 Å². The number of carbonyl (C=O) groups excluding carboxylic acids is 1. The minimum atomic E-state index is 0.0943. The molecule has 1 aromatic rings. The SMILES string of the molecule is CC(C)N1CCN(C(=O)Cn2cc(CN)nn2)CC1. The average Bonchev–Trinajstić information content (AvgIpc) is 2.86. The highest BCUT2D eigenvalue weighted by atomic mass is 16.2. The van der Waals surface area contributed by atoms with Crippen LogP contribution in [0.3, 0.4) is 0 Å². The lowest BCUT2D eigenvalue weighted by atomic mass is 10.2. The van der Waals surface area contributed by atoms with Crippen molar-refractivity contribution in [2.24, 2.45) is 5.73 Å². The summed E-state index contributed by atoms with van der Waals surface area (Å²) in [6.07, 6.45) is 1.72. The van der Waals surface area contributed by atoms with Crippen LogP contribution in [0.5, 0.6) is 0 Å². The van der Waals surface area contributed by atoms with E-state index < -0.39 is 0 Å². The average molecular weight is 266 g/mol. The van der Waals surface area contributed by atoms with E-state index in [9.17, 15) is 4.79 Å². The van der Waals surface area contributed by atoms with Crippen LogP contribution in [0, 0.1) is 0 Å². The molecule has 19 heavy (non-hydrogen) atoms. The molecule has 2 N–H and O–H groups in total. The molecule has 106 valence electrons. The van der Waals surface area contributed by atoms with Crippen molar-refractivity contribution in [2.75, 3.05) is 26.2 Å². The minimum Gasteiger partial charge on any atom is -0.339 e. The molecule has 1 aromatic heterocycles. The first-order valence-corrected chi connectivity index (χ1v) is 6.71. The molecule has 0 aliphatic carbocycles. The highest BCUT2D eigenvalue weighted by Gasteiger charge is 2.22. The summed E-state index contributed by atoms with van der Waals surface area (Å²) < 4.78 is 1.55. The number of hydrogen-bond donors (Lipinski definition) is 1. The molecule has 1 fully saturated rings. The maximum Gasteiger partial charge on any atom is 0.244 e. The van der Waals surface area contributed by atoms with E-state index >= 15 is 0 Å². The topological polar surface area (TPSA) is 80.3 Å². The third-order valence-electron chi connectivity index (χ3n) is 3.49. The maximum absolute atomic E-state index is 12.1. The second-order valence-corrected chi connectivity index (χ2v) is 5.12. The molecule has 1 amide bonds. The van der Waals surface area contributed by atoms with Gasteiger partial charge in [0.25, 0.3) is 0 Å². The Bertz CT molecular complexity index is 422. The van der Waals surface area contributed by atoms with E-state index in [2.05, 4.69) is 29.1 Å². The minimum absolute atomic E-state index is 0.0943. The van der Waals surface area contributed by atoms with Gasteiger partial charge in [0.15, 0.2) is 0 Å². The first-order chi connectivity index (χ1) is 9.10. The number of aromatic nitrogens is 3. The molecule has 0 saturated carbocycles. The van der Waals surface area contributed by atoms with Crippen molar-refractivity contribution in [2.45, 2.75) is 33.0 Å². The molecule has 2 heterocycles. The van der Waals surface area contributed by atoms with Gasteiger partial charge in [-0.3, -0.25) is 9.69 Å². The Morgan fingerprint density at radius 3 is 2.58 bits per heavy atom. The Hall–Kier alpha value is -1.47. The fraction of sp³-hybridized carbons (Fsp3) is 0.750. The molecule has 0 radical (unpaired) electrons. The number of hydrogen-bond acceptors (Lipinski definition) is 5. The van der Waals surface area contributed by atoms with Gasteiger partial charge in [0, 0.05) is 38.8 Å². The van der Waals surface area contributed by atoms with Crippen LogP contribution >= 0.6 is 0 Å². The van der Waals surface area contributed by atoms with Gasteiger partial charge < -0.3 is 10.6 Å². The molecular weight excluding hydrogens is 244 g/mol. The summed E-state index contributed by atoms with van der Waals surface area (Å²) in [5.41, 5.74) is 6.17. The fourth-order valence-electron chi connectivity index (χ4n) is 2.24. The highest BCUT2D eigenvalue weighted by Crippen LogP contribution is 2.06. The van der Waals surface area contributed by atoms with Crippen molar-refractivity contribution in [3.8, 4) is 0 Å². The first kappa shape index (κ1) is 14.0. The molecule has 2 rings (SSSR count). The number of amides is 1. The van der Waals surface area contributed by atoms with Gasteiger partial charge in [0.1, 0.15) is 6.54 Å². The van der Waals surface area contributed by atoms with Crippen LogP contribution in [-0.4, -0.2) is 62.9 Å². The van der Waals surface area contributed by atoms with Crippen molar-refractivity contribution >= 4 is 5.91 Å². The van der Waals surface area contributed by atoms with Crippen molar-refractivity contribution < 1.29 is 4.79 Å². The summed E-state index contributed by atoms with van der Waals surface area (Å²) in [4.78, 5) is 16.4. The van der Waals surface area contributed by atoms with Crippen LogP contribution in [0.1, 0.15) is 19.5 Å². The Morgan fingerprint density at radius 1 is 1.37 bits per heavy atom. The molecule has 0 unspecified atom stereocenters. The van der Waals surface area contributed by atoms with Crippen LogP contribution in [0.2, 0.25) is 0 Å². The monoisotopic (exact) mass is 266 g/mol. The smallest absolute Gasteiger partial charge is 0.244 e. The number of nitrogens with two attached hydrogens (primary N) is 1. The Balaban J connectivity index is 1.84. The van der Waals surface area contributed by atoms with E-state index in [1.165, 1.54) is 0 Å². The fourth-order valence-corrected chi connectivity index (χ4v) is 2.24. The molecule has 0 aromatic carbocycles. The summed E-state index contributed by atoms with van der Waals surface area (Å²) in [6.45, 7) is 8.41. The van der Waals surface area contributed by atoms with Gasteiger partial charge in [0.2, 0.25) is 5.91 Å². The summed E-state index contributed by atoms with van der Waals surface area (Å²) in [7, 11) is 0. The van der Waals surface area contributed by atoms with E-state index in [-0.39, 0.29) is 12.5 Å². The number of carbonyl (C=O) groups is 1. The zero-order valence-corrected chi connectivity index (χ0v) is 11.6. The summed E-state index contributed by atoms with van der Waals surface area (Å²) in [5, 5.41) is 7.77. The Morgan fingerprint density at radius 2 is 2.05 bits per heavy atom. The maximum atomic E-state index is 12.1. The quantitative estimate of drug-likeness (QED) is 0.778. The summed E-state index contributed by atoms with van der Waals surface area (Å²) in [6, 6.07) is 0.541. The zero-order valence-electron chi connectivity index (χ0n) is 11.6. The number of piperazine rings is 1. The lowest BCUT2D eigenvalue weighted by Gasteiger charge is -2.36. The predicted molar refractivity (Wildman–Crippen MR) is 71.2 cm³/mol. The molecule has 0 spiro atoms. The van der Waals surface area contributed by atoms with Crippen LogP contribution in [-0.2, 0) is 17.9 Å². The predicted octanol–water partition coefficient (Wildman–Crippen LogP) is -0.711. The van der Waals surface area contributed by atoms with Crippen LogP contribution in [0.25, 0.3) is 0 Å². The highest BCUT2D eigenvalue weighted by molar-refractivity contribution is 5.76. The Labute approximate surface area is 113 Å². The van der Waals surface area contributed by atoms with Crippen molar-refractivity contribution in [3.05, 3.63) is 11.9 Å². The lowest BCUT2D eigenvalue weighted by Crippen LogP contribution is -2.51. The molecule has 1 aliphatic rings. The van der Waals surface area contributed by atoms with Crippen molar-refractivity contribution in [1.82, 2.24) is 24.8 Å². The molecular formula is C12H22N6O. The van der Waals surface area contributed by atoms with Crippen LogP contribution in [0.4, 0.5) is 0 Å². The molecule has 0 atom stereocenters. The van der Waals surface area contributed by atoms with Crippen molar-refractivity contribution in [1.29, 1.82) is 0 Å². The van der Waals surface area contributed by atoms with E-state index in [0.717, 1.165) is 26.2 Å². The van der Waals surface area contributed by atoms with Gasteiger partial charge in [-0.1, -0.05) is 5.21 Å². The Kier molecular flexibility index (Phi) is 4.49. The van der Waals surface area contributed by atoms with Crippen molar-refractivity contribution in [3.63, 3.8) is 0 Å². The van der Waals surface area contributed by atoms with E-state index in [1.807, 2.05) is 4.90 Å².